The van der Waals surface area contributed by atoms with Gasteiger partial charge in [0, 0.05) is 27.5 Å². The summed E-state index contributed by atoms with van der Waals surface area (Å²) in [5.74, 6) is 0.365. The van der Waals surface area contributed by atoms with Crippen molar-refractivity contribution in [2.24, 2.45) is 11.0 Å². The molecule has 2 aromatic heterocycles. The van der Waals surface area contributed by atoms with Crippen LogP contribution in [0.4, 0.5) is 13.2 Å². The summed E-state index contributed by atoms with van der Waals surface area (Å²) in [7, 11) is 0. The Morgan fingerprint density at radius 3 is 2.76 bits per heavy atom. The SMILES string of the molecule is Cc1cc(/C=N\NC(=O)c2cc3c(s2)CC[C@H](C)C3)c(C)n1-c1ccc(Cl)c(C(F)(F)F)c1. The van der Waals surface area contributed by atoms with Gasteiger partial charge in [-0.25, -0.2) is 5.43 Å². The molecule has 0 saturated heterocycles. The maximum atomic E-state index is 13.3. The Balaban J connectivity index is 1.53. The Labute approximate surface area is 199 Å². The van der Waals surface area contributed by atoms with Gasteiger partial charge in [0.25, 0.3) is 5.91 Å². The van der Waals surface area contributed by atoms with Crippen molar-refractivity contribution in [2.45, 2.75) is 46.2 Å². The van der Waals surface area contributed by atoms with E-state index in [4.69, 9.17) is 11.6 Å². The van der Waals surface area contributed by atoms with E-state index >= 15 is 0 Å². The van der Waals surface area contributed by atoms with Crippen LogP contribution in [0.3, 0.4) is 0 Å². The number of benzene rings is 1. The summed E-state index contributed by atoms with van der Waals surface area (Å²) >= 11 is 7.26. The molecule has 1 amide bonds. The van der Waals surface area contributed by atoms with E-state index < -0.39 is 11.7 Å². The first-order chi connectivity index (χ1) is 15.5. The van der Waals surface area contributed by atoms with E-state index in [9.17, 15) is 18.0 Å². The molecule has 0 radical (unpaired) electrons. The Hall–Kier alpha value is -2.58. The number of carbonyl (C=O) groups is 1. The summed E-state index contributed by atoms with van der Waals surface area (Å²) in [6.07, 6.45) is 0.0998. The second-order valence-corrected chi connectivity index (χ2v) is 9.97. The number of alkyl halides is 3. The largest absolute Gasteiger partial charge is 0.417 e. The number of amides is 1. The third-order valence-corrected chi connectivity index (χ3v) is 7.47. The predicted molar refractivity (Wildman–Crippen MR) is 126 cm³/mol. The summed E-state index contributed by atoms with van der Waals surface area (Å²) in [6, 6.07) is 7.57. The Morgan fingerprint density at radius 1 is 1.27 bits per heavy atom. The predicted octanol–water partition coefficient (Wildman–Crippen LogP) is 6.72. The molecule has 9 heteroatoms. The smallest absolute Gasteiger partial charge is 0.318 e. The van der Waals surface area contributed by atoms with E-state index in [2.05, 4.69) is 17.5 Å². The molecule has 1 aromatic carbocycles. The Morgan fingerprint density at radius 2 is 2.03 bits per heavy atom. The molecule has 0 saturated carbocycles. The van der Waals surface area contributed by atoms with Crippen molar-refractivity contribution in [3.63, 3.8) is 0 Å². The molecule has 0 unspecified atom stereocenters. The van der Waals surface area contributed by atoms with Crippen LogP contribution in [0.2, 0.25) is 5.02 Å². The monoisotopic (exact) mass is 493 g/mol. The molecule has 1 aliphatic carbocycles. The highest BCUT2D eigenvalue weighted by atomic mass is 35.5. The number of nitrogens with one attached hydrogen (secondary N) is 1. The lowest BCUT2D eigenvalue weighted by Crippen LogP contribution is -2.16. The third kappa shape index (κ3) is 4.87. The second kappa shape index (κ2) is 8.99. The van der Waals surface area contributed by atoms with Gasteiger partial charge >= 0.3 is 6.18 Å². The molecule has 0 bridgehead atoms. The van der Waals surface area contributed by atoms with Crippen LogP contribution in [0.5, 0.6) is 0 Å². The summed E-state index contributed by atoms with van der Waals surface area (Å²) in [5.41, 5.74) is 5.40. The van der Waals surface area contributed by atoms with Gasteiger partial charge in [0.15, 0.2) is 0 Å². The molecule has 3 aromatic rings. The van der Waals surface area contributed by atoms with Crippen LogP contribution < -0.4 is 5.43 Å². The van der Waals surface area contributed by atoms with Crippen molar-refractivity contribution in [1.82, 2.24) is 9.99 Å². The van der Waals surface area contributed by atoms with Gasteiger partial charge in [-0.3, -0.25) is 4.79 Å². The van der Waals surface area contributed by atoms with E-state index in [0.29, 0.717) is 27.7 Å². The highest BCUT2D eigenvalue weighted by molar-refractivity contribution is 7.14. The number of fused-ring (bicyclic) bond motifs is 1. The molecule has 0 spiro atoms. The molecule has 33 heavy (non-hydrogen) atoms. The Bertz CT molecular complexity index is 1240. The van der Waals surface area contributed by atoms with Crippen LogP contribution in [0, 0.1) is 19.8 Å². The average molecular weight is 494 g/mol. The zero-order valence-corrected chi connectivity index (χ0v) is 20.0. The zero-order valence-electron chi connectivity index (χ0n) is 18.4. The van der Waals surface area contributed by atoms with E-state index in [1.54, 1.807) is 30.5 Å². The van der Waals surface area contributed by atoms with Crippen LogP contribution in [0.25, 0.3) is 5.69 Å². The van der Waals surface area contributed by atoms with E-state index in [-0.39, 0.29) is 10.9 Å². The number of hydrogen-bond acceptors (Lipinski definition) is 3. The fourth-order valence-electron chi connectivity index (χ4n) is 4.22. The molecule has 4 rings (SSSR count). The van der Waals surface area contributed by atoms with Gasteiger partial charge in [0.05, 0.1) is 21.7 Å². The lowest BCUT2D eigenvalue weighted by molar-refractivity contribution is -0.137. The van der Waals surface area contributed by atoms with Crippen LogP contribution >= 0.6 is 22.9 Å². The van der Waals surface area contributed by atoms with Gasteiger partial charge in [-0.1, -0.05) is 18.5 Å². The van der Waals surface area contributed by atoms with E-state index in [0.717, 1.165) is 31.0 Å². The number of halogens is 4. The normalized spacial score (nSPS) is 16.3. The number of aryl methyl sites for hydroxylation is 2. The molecule has 0 aliphatic heterocycles. The van der Waals surface area contributed by atoms with Crippen molar-refractivity contribution < 1.29 is 18.0 Å². The molecular weight excluding hydrogens is 471 g/mol. The maximum absolute atomic E-state index is 13.3. The van der Waals surface area contributed by atoms with Crippen molar-refractivity contribution in [1.29, 1.82) is 0 Å². The third-order valence-electron chi connectivity index (χ3n) is 5.91. The summed E-state index contributed by atoms with van der Waals surface area (Å²) in [4.78, 5) is 14.4. The minimum Gasteiger partial charge on any atom is -0.318 e. The quantitative estimate of drug-likeness (QED) is 0.318. The fraction of sp³-hybridized carbons (Fsp3) is 0.333. The number of nitrogens with zero attached hydrogens (tertiary/aromatic N) is 2. The molecule has 1 atom stereocenters. The zero-order chi connectivity index (χ0) is 23.9. The standard InChI is InChI=1S/C24H23ClF3N3OS/c1-13-4-7-21-16(8-13)10-22(33-21)23(32)30-29-12-17-9-14(2)31(15(17)3)18-5-6-20(25)19(11-18)24(26,27)28/h5-6,9-13H,4,7-8H2,1-3H3,(H,30,32)/b29-12-/t13-/m0/s1. The van der Waals surface area contributed by atoms with Crippen molar-refractivity contribution in [3.05, 3.63) is 73.2 Å². The molecule has 1 N–H and O–H groups in total. The second-order valence-electron chi connectivity index (χ2n) is 8.43. The molecule has 1 aliphatic rings. The minimum atomic E-state index is -4.55. The molecule has 0 fully saturated rings. The number of hydrazone groups is 1. The Kier molecular flexibility index (Phi) is 6.42. The van der Waals surface area contributed by atoms with Gasteiger partial charge in [-0.05, 0) is 74.9 Å². The van der Waals surface area contributed by atoms with E-state index in [1.165, 1.54) is 34.1 Å². The van der Waals surface area contributed by atoms with Gasteiger partial charge in [0.2, 0.25) is 0 Å². The number of aromatic nitrogens is 1. The van der Waals surface area contributed by atoms with Crippen LogP contribution in [0.1, 0.15) is 56.0 Å². The first-order valence-electron chi connectivity index (χ1n) is 10.6. The summed E-state index contributed by atoms with van der Waals surface area (Å²) in [6.45, 7) is 5.80. The van der Waals surface area contributed by atoms with E-state index in [1.807, 2.05) is 6.07 Å². The number of rotatable bonds is 4. The van der Waals surface area contributed by atoms with Gasteiger partial charge in [0.1, 0.15) is 0 Å². The average Bonchev–Trinajstić information content (AvgIpc) is 3.28. The lowest BCUT2D eigenvalue weighted by Gasteiger charge is -2.16. The van der Waals surface area contributed by atoms with Gasteiger partial charge < -0.3 is 4.57 Å². The van der Waals surface area contributed by atoms with Gasteiger partial charge in [-0.2, -0.15) is 18.3 Å². The van der Waals surface area contributed by atoms with Gasteiger partial charge in [-0.15, -0.1) is 11.3 Å². The molecular formula is C24H23ClF3N3OS. The topological polar surface area (TPSA) is 46.4 Å². The molecule has 2 heterocycles. The number of hydrogen-bond donors (Lipinski definition) is 1. The summed E-state index contributed by atoms with van der Waals surface area (Å²) in [5, 5.41) is 3.74. The maximum Gasteiger partial charge on any atom is 0.417 e. The first kappa shape index (κ1) is 23.6. The van der Waals surface area contributed by atoms with Crippen LogP contribution in [-0.4, -0.2) is 16.7 Å². The number of carbonyl (C=O) groups excluding carboxylic acids is 1. The van der Waals surface area contributed by atoms with Crippen molar-refractivity contribution in [3.8, 4) is 5.69 Å². The minimum absolute atomic E-state index is 0.264. The van der Waals surface area contributed by atoms with Crippen LogP contribution in [0.15, 0.2) is 35.4 Å². The highest BCUT2D eigenvalue weighted by Gasteiger charge is 2.33. The highest BCUT2D eigenvalue weighted by Crippen LogP contribution is 2.36. The summed E-state index contributed by atoms with van der Waals surface area (Å²) < 4.78 is 41.5. The molecule has 174 valence electrons. The number of thiophene rings is 1. The molecule has 4 nitrogen and oxygen atoms in total. The van der Waals surface area contributed by atoms with Crippen molar-refractivity contribution >= 4 is 35.1 Å². The lowest BCUT2D eigenvalue weighted by atomic mass is 9.90. The van der Waals surface area contributed by atoms with Crippen LogP contribution in [-0.2, 0) is 19.0 Å². The van der Waals surface area contributed by atoms with Crippen molar-refractivity contribution in [2.75, 3.05) is 0 Å². The first-order valence-corrected chi connectivity index (χ1v) is 11.7. The fourth-order valence-corrected chi connectivity index (χ4v) is 5.54.